The Morgan fingerprint density at radius 2 is 1.77 bits per heavy atom. The first-order valence-corrected chi connectivity index (χ1v) is 10.8. The van der Waals surface area contributed by atoms with Gasteiger partial charge in [-0.25, -0.2) is 4.79 Å². The van der Waals surface area contributed by atoms with Gasteiger partial charge in [0, 0.05) is 19.6 Å². The number of amides is 1. The Balaban J connectivity index is 1.45. The van der Waals surface area contributed by atoms with Gasteiger partial charge in [0.15, 0.2) is 0 Å². The van der Waals surface area contributed by atoms with Crippen LogP contribution in [0.3, 0.4) is 0 Å². The van der Waals surface area contributed by atoms with Crippen molar-refractivity contribution in [1.29, 1.82) is 0 Å². The molecular formula is C25H32N2O4. The molecule has 6 heteroatoms. The van der Waals surface area contributed by atoms with Crippen LogP contribution in [0.2, 0.25) is 0 Å². The van der Waals surface area contributed by atoms with Gasteiger partial charge in [0.2, 0.25) is 5.91 Å². The van der Waals surface area contributed by atoms with Crippen LogP contribution in [0.4, 0.5) is 0 Å². The summed E-state index contributed by atoms with van der Waals surface area (Å²) in [4.78, 5) is 26.3. The molecule has 2 aromatic carbocycles. The number of methoxy groups -OCH3 is 1. The van der Waals surface area contributed by atoms with Gasteiger partial charge in [-0.1, -0.05) is 24.3 Å². The fourth-order valence-electron chi connectivity index (χ4n) is 3.77. The number of hydrogen-bond donors (Lipinski definition) is 1. The number of carbonyl (C=O) groups is 2. The lowest BCUT2D eigenvalue weighted by molar-refractivity contribution is -0.126. The zero-order valence-corrected chi connectivity index (χ0v) is 18.8. The van der Waals surface area contributed by atoms with Gasteiger partial charge >= 0.3 is 5.97 Å². The highest BCUT2D eigenvalue weighted by Gasteiger charge is 2.27. The van der Waals surface area contributed by atoms with Crippen LogP contribution in [0.1, 0.15) is 46.8 Å². The first-order chi connectivity index (χ1) is 14.9. The second-order valence-electron chi connectivity index (χ2n) is 8.20. The number of nitrogens with one attached hydrogen (secondary N) is 1. The zero-order chi connectivity index (χ0) is 22.4. The lowest BCUT2D eigenvalue weighted by Crippen LogP contribution is -2.49. The monoisotopic (exact) mass is 424 g/mol. The van der Waals surface area contributed by atoms with Crippen LogP contribution < -0.4 is 10.1 Å². The molecule has 1 unspecified atom stereocenters. The molecule has 6 nitrogen and oxygen atoms in total. The summed E-state index contributed by atoms with van der Waals surface area (Å²) in [5.41, 5.74) is 3.79. The molecule has 0 bridgehead atoms. The Labute approximate surface area is 184 Å². The van der Waals surface area contributed by atoms with Crippen molar-refractivity contribution in [2.24, 2.45) is 0 Å². The summed E-state index contributed by atoms with van der Waals surface area (Å²) in [6.07, 6.45) is 1.99. The predicted molar refractivity (Wildman–Crippen MR) is 120 cm³/mol. The minimum atomic E-state index is -0.367. The lowest BCUT2D eigenvalue weighted by atomic mass is 10.0. The summed E-state index contributed by atoms with van der Waals surface area (Å²) in [5.74, 6) is 0.600. The fraction of sp³-hybridized carbons (Fsp3) is 0.440. The smallest absolute Gasteiger partial charge is 0.337 e. The molecule has 1 amide bonds. The zero-order valence-electron chi connectivity index (χ0n) is 18.8. The third-order valence-electron chi connectivity index (χ3n) is 5.88. The van der Waals surface area contributed by atoms with E-state index in [2.05, 4.69) is 42.3 Å². The summed E-state index contributed by atoms with van der Waals surface area (Å²) in [5, 5.41) is 3.00. The maximum Gasteiger partial charge on any atom is 0.337 e. The molecule has 1 atom stereocenters. The van der Waals surface area contributed by atoms with Gasteiger partial charge in [-0.2, -0.15) is 0 Å². The number of rotatable bonds is 7. The molecule has 1 saturated heterocycles. The third kappa shape index (κ3) is 6.07. The average Bonchev–Trinajstić information content (AvgIpc) is 2.79. The molecule has 0 radical (unpaired) electrons. The molecule has 0 aromatic heterocycles. The molecule has 1 heterocycles. The van der Waals surface area contributed by atoms with Gasteiger partial charge in [0.1, 0.15) is 11.9 Å². The predicted octanol–water partition coefficient (Wildman–Crippen LogP) is 3.64. The summed E-state index contributed by atoms with van der Waals surface area (Å²) in [6.45, 7) is 8.18. The SMILES string of the molecule is COC(=O)c1ccc(CNC(=O)C(C)N2CCC(Oc3cc(C)ccc3C)CC2)cc1. The van der Waals surface area contributed by atoms with Crippen LogP contribution in [0.5, 0.6) is 5.75 Å². The van der Waals surface area contributed by atoms with Crippen molar-refractivity contribution < 1.29 is 19.1 Å². The molecular weight excluding hydrogens is 392 g/mol. The van der Waals surface area contributed by atoms with Crippen LogP contribution in [0.25, 0.3) is 0 Å². The van der Waals surface area contributed by atoms with Crippen molar-refractivity contribution >= 4 is 11.9 Å². The number of aryl methyl sites for hydroxylation is 2. The first-order valence-electron chi connectivity index (χ1n) is 10.8. The molecule has 1 N–H and O–H groups in total. The van der Waals surface area contributed by atoms with Gasteiger partial charge in [-0.05, 0) is 68.5 Å². The van der Waals surface area contributed by atoms with E-state index in [1.165, 1.54) is 12.7 Å². The van der Waals surface area contributed by atoms with E-state index >= 15 is 0 Å². The van der Waals surface area contributed by atoms with Crippen molar-refractivity contribution in [2.45, 2.75) is 52.3 Å². The molecule has 166 valence electrons. The summed E-state index contributed by atoms with van der Waals surface area (Å²) in [7, 11) is 1.36. The van der Waals surface area contributed by atoms with Crippen molar-refractivity contribution in [2.75, 3.05) is 20.2 Å². The van der Waals surface area contributed by atoms with Crippen LogP contribution in [0, 0.1) is 13.8 Å². The van der Waals surface area contributed by atoms with Crippen LogP contribution >= 0.6 is 0 Å². The number of carbonyl (C=O) groups excluding carboxylic acids is 2. The second-order valence-corrected chi connectivity index (χ2v) is 8.20. The highest BCUT2D eigenvalue weighted by Crippen LogP contribution is 2.24. The Morgan fingerprint density at radius 1 is 1.10 bits per heavy atom. The molecule has 31 heavy (non-hydrogen) atoms. The van der Waals surface area contributed by atoms with Crippen LogP contribution in [0.15, 0.2) is 42.5 Å². The molecule has 1 aliphatic heterocycles. The second kappa shape index (κ2) is 10.4. The van der Waals surface area contributed by atoms with Gasteiger partial charge in [0.25, 0.3) is 0 Å². The standard InChI is InChI=1S/C25H32N2O4/c1-17-5-6-18(2)23(15-17)31-22-11-13-27(14-12-22)19(3)24(28)26-16-20-7-9-21(10-8-20)25(29)30-4/h5-10,15,19,22H,11-14,16H2,1-4H3,(H,26,28). The van der Waals surface area contributed by atoms with Gasteiger partial charge in [-0.15, -0.1) is 0 Å². The highest BCUT2D eigenvalue weighted by atomic mass is 16.5. The Hall–Kier alpha value is -2.86. The molecule has 1 fully saturated rings. The Morgan fingerprint density at radius 3 is 2.42 bits per heavy atom. The van der Waals surface area contributed by atoms with Crippen LogP contribution in [-0.2, 0) is 16.1 Å². The lowest BCUT2D eigenvalue weighted by Gasteiger charge is -2.35. The summed E-state index contributed by atoms with van der Waals surface area (Å²) < 4.78 is 10.9. The summed E-state index contributed by atoms with van der Waals surface area (Å²) in [6, 6.07) is 13.1. The quantitative estimate of drug-likeness (QED) is 0.688. The number of nitrogens with zero attached hydrogens (tertiary/aromatic N) is 1. The van der Waals surface area contributed by atoms with E-state index in [-0.39, 0.29) is 24.0 Å². The molecule has 3 rings (SSSR count). The van der Waals surface area contributed by atoms with E-state index in [1.54, 1.807) is 12.1 Å². The Bertz CT molecular complexity index is 902. The van der Waals surface area contributed by atoms with Gasteiger partial charge < -0.3 is 14.8 Å². The van der Waals surface area contributed by atoms with E-state index in [0.717, 1.165) is 42.8 Å². The van der Waals surface area contributed by atoms with E-state index in [0.29, 0.717) is 12.1 Å². The minimum absolute atomic E-state index is 0.00550. The normalized spacial score (nSPS) is 15.9. The van der Waals surface area contributed by atoms with Crippen molar-refractivity contribution in [3.05, 3.63) is 64.7 Å². The van der Waals surface area contributed by atoms with Gasteiger partial charge in [-0.3, -0.25) is 9.69 Å². The molecule has 0 saturated carbocycles. The Kier molecular flexibility index (Phi) is 7.69. The van der Waals surface area contributed by atoms with Crippen LogP contribution in [-0.4, -0.2) is 49.1 Å². The maximum atomic E-state index is 12.6. The minimum Gasteiger partial charge on any atom is -0.490 e. The summed E-state index contributed by atoms with van der Waals surface area (Å²) >= 11 is 0. The van der Waals surface area contributed by atoms with E-state index in [4.69, 9.17) is 9.47 Å². The average molecular weight is 425 g/mol. The molecule has 2 aromatic rings. The van der Waals surface area contributed by atoms with E-state index in [9.17, 15) is 9.59 Å². The maximum absolute atomic E-state index is 12.6. The largest absolute Gasteiger partial charge is 0.490 e. The fourth-order valence-corrected chi connectivity index (χ4v) is 3.77. The number of ether oxygens (including phenoxy) is 2. The molecule has 0 spiro atoms. The van der Waals surface area contributed by atoms with E-state index < -0.39 is 0 Å². The highest BCUT2D eigenvalue weighted by molar-refractivity contribution is 5.89. The molecule has 0 aliphatic carbocycles. The van der Waals surface area contributed by atoms with Gasteiger partial charge in [0.05, 0.1) is 18.7 Å². The first kappa shape index (κ1) is 22.8. The number of likely N-dealkylation sites (tertiary alicyclic amines) is 1. The van der Waals surface area contributed by atoms with E-state index in [1.807, 2.05) is 19.1 Å². The molecule has 1 aliphatic rings. The van der Waals surface area contributed by atoms with Crippen molar-refractivity contribution in [1.82, 2.24) is 10.2 Å². The van der Waals surface area contributed by atoms with Crippen molar-refractivity contribution in [3.63, 3.8) is 0 Å². The third-order valence-corrected chi connectivity index (χ3v) is 5.88. The topological polar surface area (TPSA) is 67.9 Å². The number of hydrogen-bond acceptors (Lipinski definition) is 5. The van der Waals surface area contributed by atoms with Crippen molar-refractivity contribution in [3.8, 4) is 5.75 Å². The number of benzene rings is 2. The number of esters is 1. The number of piperidine rings is 1.